The molecule has 0 atom stereocenters. The van der Waals surface area contributed by atoms with Crippen molar-refractivity contribution in [2.24, 2.45) is 4.99 Å². The Morgan fingerprint density at radius 2 is 1.46 bits per heavy atom. The number of aliphatic carboxylic acids is 1. The molecule has 1 fully saturated rings. The van der Waals surface area contributed by atoms with E-state index in [1.54, 1.807) is 36.4 Å². The zero-order valence-electron chi connectivity index (χ0n) is 22.0. The fraction of sp³-hybridized carbons (Fsp3) is 0.276. The lowest BCUT2D eigenvalue weighted by molar-refractivity contribution is -0.192. The number of nitrogens with one attached hydrogen (secondary N) is 1. The maximum absolute atomic E-state index is 13.5. The van der Waals surface area contributed by atoms with Gasteiger partial charge in [-0.3, -0.25) is 9.89 Å². The Bertz CT molecular complexity index is 1310. The van der Waals surface area contributed by atoms with Crippen LogP contribution in [0.4, 0.5) is 23.2 Å². The Balaban J connectivity index is 0.000000587. The maximum atomic E-state index is 13.5. The topological polar surface area (TPSA) is 105 Å². The number of piperazine rings is 1. The van der Waals surface area contributed by atoms with Crippen LogP contribution in [-0.4, -0.2) is 76.8 Å². The van der Waals surface area contributed by atoms with Crippen molar-refractivity contribution in [1.29, 1.82) is 0 Å². The van der Waals surface area contributed by atoms with Crippen molar-refractivity contribution in [1.82, 2.24) is 9.80 Å². The zero-order chi connectivity index (χ0) is 29.8. The van der Waals surface area contributed by atoms with E-state index in [1.165, 1.54) is 11.6 Å². The van der Waals surface area contributed by atoms with Crippen LogP contribution in [0.25, 0.3) is 0 Å². The number of carboxylic acids is 2. The first-order chi connectivity index (χ1) is 19.5. The van der Waals surface area contributed by atoms with Crippen LogP contribution < -0.4 is 5.32 Å². The van der Waals surface area contributed by atoms with Gasteiger partial charge in [0.05, 0.1) is 5.56 Å². The van der Waals surface area contributed by atoms with E-state index in [2.05, 4.69) is 27.2 Å². The molecule has 1 aliphatic rings. The number of rotatable bonds is 7. The summed E-state index contributed by atoms with van der Waals surface area (Å²) in [6.45, 7) is 4.63. The van der Waals surface area contributed by atoms with Gasteiger partial charge in [0.1, 0.15) is 5.82 Å². The van der Waals surface area contributed by atoms with Gasteiger partial charge in [-0.05, 0) is 53.9 Å². The summed E-state index contributed by atoms with van der Waals surface area (Å²) < 4.78 is 45.3. The molecule has 1 aliphatic heterocycles. The molecule has 3 aromatic carbocycles. The van der Waals surface area contributed by atoms with Gasteiger partial charge in [0, 0.05) is 45.0 Å². The van der Waals surface area contributed by atoms with E-state index in [4.69, 9.17) is 20.0 Å². The minimum absolute atomic E-state index is 0.206. The molecule has 0 unspecified atom stereocenters. The molecule has 41 heavy (non-hydrogen) atoms. The number of aliphatic imine (C=N–C) groups is 1. The van der Waals surface area contributed by atoms with E-state index in [1.807, 2.05) is 24.3 Å². The monoisotopic (exact) mass is 574 g/mol. The van der Waals surface area contributed by atoms with Crippen molar-refractivity contribution in [3.8, 4) is 0 Å². The number of carboxylic acid groups (broad SMARTS) is 2. The largest absolute Gasteiger partial charge is 0.490 e. The lowest BCUT2D eigenvalue weighted by Crippen LogP contribution is -2.50. The fourth-order valence-corrected chi connectivity index (χ4v) is 3.99. The SMILES string of the molecule is O=C(O)C(F)(F)F.O=C(O)c1ccc(NC(=NCCc2ccccc2)N2CCN(Cc3cccc(F)c3)CC2)cc1. The average molecular weight is 575 g/mol. The number of alkyl halides is 3. The average Bonchev–Trinajstić information content (AvgIpc) is 2.94. The van der Waals surface area contributed by atoms with Crippen LogP contribution in [0.2, 0.25) is 0 Å². The van der Waals surface area contributed by atoms with Crippen LogP contribution in [0.15, 0.2) is 83.9 Å². The Hall–Kier alpha value is -4.45. The summed E-state index contributed by atoms with van der Waals surface area (Å²) in [6, 6.07) is 23.7. The summed E-state index contributed by atoms with van der Waals surface area (Å²) in [7, 11) is 0. The number of aromatic carboxylic acids is 1. The summed E-state index contributed by atoms with van der Waals surface area (Å²) in [5.41, 5.74) is 3.25. The fourth-order valence-electron chi connectivity index (χ4n) is 3.99. The molecule has 12 heteroatoms. The Morgan fingerprint density at radius 3 is 2.02 bits per heavy atom. The summed E-state index contributed by atoms with van der Waals surface area (Å²) >= 11 is 0. The van der Waals surface area contributed by atoms with E-state index >= 15 is 0 Å². The predicted octanol–water partition coefficient (Wildman–Crippen LogP) is 4.99. The zero-order valence-corrected chi connectivity index (χ0v) is 22.0. The number of halogens is 4. The van der Waals surface area contributed by atoms with Gasteiger partial charge in [-0.1, -0.05) is 42.5 Å². The van der Waals surface area contributed by atoms with Crippen molar-refractivity contribution in [2.75, 3.05) is 38.0 Å². The molecule has 1 heterocycles. The molecule has 0 aliphatic carbocycles. The highest BCUT2D eigenvalue weighted by molar-refractivity contribution is 5.94. The second-order valence-electron chi connectivity index (χ2n) is 9.14. The molecule has 1 saturated heterocycles. The van der Waals surface area contributed by atoms with E-state index in [0.29, 0.717) is 6.54 Å². The minimum atomic E-state index is -5.08. The van der Waals surface area contributed by atoms with Gasteiger partial charge in [-0.15, -0.1) is 0 Å². The Kier molecular flexibility index (Phi) is 11.2. The first-order valence-corrected chi connectivity index (χ1v) is 12.7. The molecule has 0 saturated carbocycles. The van der Waals surface area contributed by atoms with E-state index in [-0.39, 0.29) is 11.4 Å². The summed E-state index contributed by atoms with van der Waals surface area (Å²) in [6.07, 6.45) is -4.25. The molecule has 0 aromatic heterocycles. The molecule has 0 radical (unpaired) electrons. The number of anilines is 1. The lowest BCUT2D eigenvalue weighted by atomic mass is 10.1. The van der Waals surface area contributed by atoms with Crippen LogP contribution in [0.1, 0.15) is 21.5 Å². The Morgan fingerprint density at radius 1 is 0.854 bits per heavy atom. The maximum Gasteiger partial charge on any atom is 0.490 e. The molecule has 0 amide bonds. The van der Waals surface area contributed by atoms with Gasteiger partial charge < -0.3 is 20.4 Å². The highest BCUT2D eigenvalue weighted by atomic mass is 19.4. The van der Waals surface area contributed by atoms with Crippen LogP contribution in [0, 0.1) is 5.82 Å². The Labute approximate surface area is 234 Å². The molecular weight excluding hydrogens is 544 g/mol. The van der Waals surface area contributed by atoms with Gasteiger partial charge in [0.25, 0.3) is 0 Å². The first kappa shape index (κ1) is 31.1. The third-order valence-electron chi connectivity index (χ3n) is 6.10. The van der Waals surface area contributed by atoms with Crippen molar-refractivity contribution in [3.63, 3.8) is 0 Å². The van der Waals surface area contributed by atoms with E-state index in [9.17, 15) is 22.4 Å². The van der Waals surface area contributed by atoms with Crippen molar-refractivity contribution < 1.29 is 37.4 Å². The lowest BCUT2D eigenvalue weighted by Gasteiger charge is -2.36. The summed E-state index contributed by atoms with van der Waals surface area (Å²) in [5, 5.41) is 19.7. The molecule has 0 spiro atoms. The highest BCUT2D eigenvalue weighted by Gasteiger charge is 2.38. The van der Waals surface area contributed by atoms with Gasteiger partial charge in [-0.2, -0.15) is 13.2 Å². The third-order valence-corrected chi connectivity index (χ3v) is 6.10. The van der Waals surface area contributed by atoms with Crippen molar-refractivity contribution in [2.45, 2.75) is 19.1 Å². The van der Waals surface area contributed by atoms with Gasteiger partial charge in [0.15, 0.2) is 5.96 Å². The van der Waals surface area contributed by atoms with Crippen LogP contribution in [0.5, 0.6) is 0 Å². The quantitative estimate of drug-likeness (QED) is 0.208. The number of hydrogen-bond donors (Lipinski definition) is 3. The normalized spacial score (nSPS) is 14.1. The summed E-state index contributed by atoms with van der Waals surface area (Å²) in [5.74, 6) is -3.13. The standard InChI is InChI=1S/C27H29FN4O2.C2HF3O2/c28-24-8-4-7-22(19-24)20-31-15-17-32(18-16-31)27(29-14-13-21-5-2-1-3-6-21)30-25-11-9-23(10-12-25)26(33)34;3-2(4,5)1(6)7/h1-12,19H,13-18,20H2,(H,29,30)(H,33,34);(H,6,7). The predicted molar refractivity (Wildman–Crippen MR) is 146 cm³/mol. The number of hydrogen-bond acceptors (Lipinski definition) is 4. The third kappa shape index (κ3) is 10.6. The number of benzene rings is 3. The molecule has 3 aromatic rings. The molecule has 8 nitrogen and oxygen atoms in total. The number of guanidine groups is 1. The first-order valence-electron chi connectivity index (χ1n) is 12.7. The smallest absolute Gasteiger partial charge is 0.478 e. The highest BCUT2D eigenvalue weighted by Crippen LogP contribution is 2.15. The molecular formula is C29H30F4N4O4. The van der Waals surface area contributed by atoms with E-state index < -0.39 is 18.1 Å². The second kappa shape index (κ2) is 14.8. The van der Waals surface area contributed by atoms with E-state index in [0.717, 1.165) is 56.4 Å². The number of nitrogens with zero attached hydrogens (tertiary/aromatic N) is 3. The summed E-state index contributed by atoms with van der Waals surface area (Å²) in [4.78, 5) is 29.5. The van der Waals surface area contributed by atoms with Gasteiger partial charge >= 0.3 is 18.1 Å². The van der Waals surface area contributed by atoms with Gasteiger partial charge in [0.2, 0.25) is 0 Å². The van der Waals surface area contributed by atoms with Gasteiger partial charge in [-0.25, -0.2) is 14.0 Å². The molecule has 4 rings (SSSR count). The minimum Gasteiger partial charge on any atom is -0.478 e. The number of carbonyl (C=O) groups is 2. The van der Waals surface area contributed by atoms with Crippen LogP contribution in [-0.2, 0) is 17.8 Å². The van der Waals surface area contributed by atoms with Crippen molar-refractivity contribution in [3.05, 3.63) is 101 Å². The second-order valence-corrected chi connectivity index (χ2v) is 9.14. The van der Waals surface area contributed by atoms with Crippen molar-refractivity contribution >= 4 is 23.6 Å². The molecule has 0 bridgehead atoms. The molecule has 218 valence electrons. The molecule has 3 N–H and O–H groups in total. The van der Waals surface area contributed by atoms with Crippen LogP contribution in [0.3, 0.4) is 0 Å². The van der Waals surface area contributed by atoms with Crippen LogP contribution >= 0.6 is 0 Å².